The molecule has 0 aromatic carbocycles. The smallest absolute Gasteiger partial charge is 0.137 e. The Kier molecular flexibility index (Phi) is 4.56. The average Bonchev–Trinajstić information content (AvgIpc) is 2.90. The number of likely N-dealkylation sites (tertiary alicyclic amines) is 1. The molecule has 0 amide bonds. The maximum absolute atomic E-state index is 4.70. The molecule has 0 radical (unpaired) electrons. The Hall–Kier alpha value is -1.39. The van der Waals surface area contributed by atoms with Gasteiger partial charge in [0.05, 0.1) is 5.69 Å². The van der Waals surface area contributed by atoms with Gasteiger partial charge >= 0.3 is 0 Å². The lowest BCUT2D eigenvalue weighted by atomic mass is 9.90. The second kappa shape index (κ2) is 6.58. The molecule has 3 heterocycles. The molecule has 0 bridgehead atoms. The first-order chi connectivity index (χ1) is 10.3. The van der Waals surface area contributed by atoms with Gasteiger partial charge in [0.2, 0.25) is 0 Å². The molecule has 1 unspecified atom stereocenters. The van der Waals surface area contributed by atoms with Gasteiger partial charge in [0.25, 0.3) is 0 Å². The molecule has 2 aromatic rings. The van der Waals surface area contributed by atoms with E-state index in [4.69, 9.17) is 4.98 Å². The second-order valence-electron chi connectivity index (χ2n) is 6.16. The molecular formula is C17H26N4. The summed E-state index contributed by atoms with van der Waals surface area (Å²) in [5.74, 6) is 0.822. The van der Waals surface area contributed by atoms with E-state index in [1.165, 1.54) is 31.6 Å². The highest BCUT2D eigenvalue weighted by molar-refractivity contribution is 5.39. The van der Waals surface area contributed by atoms with Crippen LogP contribution in [0, 0.1) is 5.92 Å². The van der Waals surface area contributed by atoms with Gasteiger partial charge in [-0.1, -0.05) is 13.0 Å². The standard InChI is InChI=1S/C17H26N4/c1-3-18-14(2)15-7-10-20(11-8-15)12-16-13-21-9-5-4-6-17(21)19-16/h4-6,9,13-15,18H,3,7-8,10-12H2,1-2H3. The number of imidazole rings is 1. The van der Waals surface area contributed by atoms with E-state index in [9.17, 15) is 0 Å². The van der Waals surface area contributed by atoms with E-state index in [1.54, 1.807) is 0 Å². The summed E-state index contributed by atoms with van der Waals surface area (Å²) in [5, 5.41) is 3.56. The van der Waals surface area contributed by atoms with E-state index in [0.29, 0.717) is 6.04 Å². The van der Waals surface area contributed by atoms with Gasteiger partial charge in [-0.2, -0.15) is 0 Å². The summed E-state index contributed by atoms with van der Waals surface area (Å²) in [6.07, 6.45) is 6.81. The van der Waals surface area contributed by atoms with Crippen LogP contribution in [0.2, 0.25) is 0 Å². The van der Waals surface area contributed by atoms with Gasteiger partial charge in [-0.15, -0.1) is 0 Å². The third-order valence-electron chi connectivity index (χ3n) is 4.66. The van der Waals surface area contributed by atoms with E-state index >= 15 is 0 Å². The topological polar surface area (TPSA) is 32.6 Å². The maximum atomic E-state index is 4.70. The van der Waals surface area contributed by atoms with Gasteiger partial charge in [-0.05, 0) is 57.5 Å². The highest BCUT2D eigenvalue weighted by atomic mass is 15.1. The largest absolute Gasteiger partial charge is 0.314 e. The van der Waals surface area contributed by atoms with Crippen LogP contribution in [0.5, 0.6) is 0 Å². The molecule has 4 heteroatoms. The molecule has 2 aromatic heterocycles. The average molecular weight is 286 g/mol. The molecule has 1 N–H and O–H groups in total. The second-order valence-corrected chi connectivity index (χ2v) is 6.16. The Morgan fingerprint density at radius 1 is 1.33 bits per heavy atom. The molecule has 1 fully saturated rings. The van der Waals surface area contributed by atoms with Crippen LogP contribution in [-0.2, 0) is 6.54 Å². The number of hydrogen-bond donors (Lipinski definition) is 1. The van der Waals surface area contributed by atoms with E-state index in [2.05, 4.69) is 46.9 Å². The van der Waals surface area contributed by atoms with Crippen LogP contribution in [-0.4, -0.2) is 40.0 Å². The number of pyridine rings is 1. The molecule has 0 aliphatic carbocycles. The quantitative estimate of drug-likeness (QED) is 0.917. The van der Waals surface area contributed by atoms with Crippen molar-refractivity contribution in [2.75, 3.05) is 19.6 Å². The first kappa shape index (κ1) is 14.5. The van der Waals surface area contributed by atoms with Gasteiger partial charge in [-0.3, -0.25) is 4.90 Å². The molecule has 1 atom stereocenters. The molecule has 4 nitrogen and oxygen atoms in total. The van der Waals surface area contributed by atoms with Crippen LogP contribution in [0.1, 0.15) is 32.4 Å². The Morgan fingerprint density at radius 3 is 2.86 bits per heavy atom. The lowest BCUT2D eigenvalue weighted by Crippen LogP contribution is -2.41. The van der Waals surface area contributed by atoms with Crippen molar-refractivity contribution in [1.82, 2.24) is 19.6 Å². The van der Waals surface area contributed by atoms with Crippen LogP contribution in [0.25, 0.3) is 5.65 Å². The normalized spacial score (nSPS) is 19.1. The number of fused-ring (bicyclic) bond motifs is 1. The van der Waals surface area contributed by atoms with Crippen LogP contribution in [0.4, 0.5) is 0 Å². The lowest BCUT2D eigenvalue weighted by molar-refractivity contribution is 0.156. The minimum atomic E-state index is 0.646. The van der Waals surface area contributed by atoms with Crippen LogP contribution in [0.3, 0.4) is 0 Å². The summed E-state index contributed by atoms with van der Waals surface area (Å²) in [4.78, 5) is 7.24. The third-order valence-corrected chi connectivity index (χ3v) is 4.66. The molecule has 1 aliphatic heterocycles. The van der Waals surface area contributed by atoms with Gasteiger partial charge in [0, 0.05) is 25.0 Å². The Bertz CT molecular complexity index is 536. The number of hydrogen-bond acceptors (Lipinski definition) is 3. The highest BCUT2D eigenvalue weighted by Crippen LogP contribution is 2.21. The summed E-state index contributed by atoms with van der Waals surface area (Å²) in [6.45, 7) is 8.94. The third kappa shape index (κ3) is 3.44. The first-order valence-electron chi connectivity index (χ1n) is 8.14. The van der Waals surface area contributed by atoms with Crippen molar-refractivity contribution in [2.45, 2.75) is 39.3 Å². The summed E-state index contributed by atoms with van der Waals surface area (Å²) >= 11 is 0. The molecule has 0 spiro atoms. The predicted molar refractivity (Wildman–Crippen MR) is 86.3 cm³/mol. The van der Waals surface area contributed by atoms with Crippen LogP contribution >= 0.6 is 0 Å². The van der Waals surface area contributed by atoms with Crippen molar-refractivity contribution in [2.24, 2.45) is 5.92 Å². The summed E-state index contributed by atoms with van der Waals surface area (Å²) in [7, 11) is 0. The molecule has 1 saturated heterocycles. The van der Waals surface area contributed by atoms with Crippen LogP contribution < -0.4 is 5.32 Å². The van der Waals surface area contributed by atoms with Crippen LogP contribution in [0.15, 0.2) is 30.6 Å². The lowest BCUT2D eigenvalue weighted by Gasteiger charge is -2.34. The van der Waals surface area contributed by atoms with Crippen molar-refractivity contribution < 1.29 is 0 Å². The fraction of sp³-hybridized carbons (Fsp3) is 0.588. The van der Waals surface area contributed by atoms with Gasteiger partial charge < -0.3 is 9.72 Å². The SMILES string of the molecule is CCNC(C)C1CCN(Cc2cn3ccccc3n2)CC1. The number of piperidine rings is 1. The zero-order valence-corrected chi connectivity index (χ0v) is 13.1. The number of rotatable bonds is 5. The minimum absolute atomic E-state index is 0.646. The van der Waals surface area contributed by atoms with Gasteiger partial charge in [0.15, 0.2) is 0 Å². The van der Waals surface area contributed by atoms with Gasteiger partial charge in [-0.25, -0.2) is 4.98 Å². The summed E-state index contributed by atoms with van der Waals surface area (Å²) in [6, 6.07) is 6.80. The van der Waals surface area contributed by atoms with E-state index < -0.39 is 0 Å². The Labute approximate surface area is 127 Å². The Morgan fingerprint density at radius 2 is 2.14 bits per heavy atom. The predicted octanol–water partition coefficient (Wildman–Crippen LogP) is 2.54. The highest BCUT2D eigenvalue weighted by Gasteiger charge is 2.23. The molecule has 21 heavy (non-hydrogen) atoms. The zero-order valence-electron chi connectivity index (χ0n) is 13.1. The van der Waals surface area contributed by atoms with Gasteiger partial charge in [0.1, 0.15) is 5.65 Å². The molecule has 114 valence electrons. The van der Waals surface area contributed by atoms with E-state index in [1.807, 2.05) is 12.1 Å². The first-order valence-corrected chi connectivity index (χ1v) is 8.14. The maximum Gasteiger partial charge on any atom is 0.137 e. The minimum Gasteiger partial charge on any atom is -0.314 e. The molecule has 1 aliphatic rings. The van der Waals surface area contributed by atoms with E-state index in [0.717, 1.165) is 24.7 Å². The Balaban J connectivity index is 1.55. The summed E-state index contributed by atoms with van der Waals surface area (Å²) in [5.41, 5.74) is 2.22. The number of nitrogens with one attached hydrogen (secondary N) is 1. The van der Waals surface area contributed by atoms with Crippen molar-refractivity contribution in [3.05, 3.63) is 36.3 Å². The fourth-order valence-electron chi connectivity index (χ4n) is 3.39. The fourth-order valence-corrected chi connectivity index (χ4v) is 3.39. The zero-order chi connectivity index (χ0) is 14.7. The van der Waals surface area contributed by atoms with E-state index in [-0.39, 0.29) is 0 Å². The molecular weight excluding hydrogens is 260 g/mol. The number of aromatic nitrogens is 2. The summed E-state index contributed by atoms with van der Waals surface area (Å²) < 4.78 is 2.11. The molecule has 0 saturated carbocycles. The molecule has 3 rings (SSSR count). The monoisotopic (exact) mass is 286 g/mol. The van der Waals surface area contributed by atoms with Crippen molar-refractivity contribution in [3.8, 4) is 0 Å². The van der Waals surface area contributed by atoms with Crippen molar-refractivity contribution >= 4 is 5.65 Å². The van der Waals surface area contributed by atoms with Crippen molar-refractivity contribution in [1.29, 1.82) is 0 Å². The van der Waals surface area contributed by atoms with Crippen molar-refractivity contribution in [3.63, 3.8) is 0 Å². The number of nitrogens with zero attached hydrogens (tertiary/aromatic N) is 3.